The molecule has 0 aliphatic rings. The van der Waals surface area contributed by atoms with Crippen molar-refractivity contribution < 1.29 is 9.21 Å². The number of aromatic nitrogens is 3. The number of carbonyl (C=O) groups is 1. The fourth-order valence-electron chi connectivity index (χ4n) is 4.11. The number of carbonyl (C=O) groups excluding carboxylic acids is 1. The van der Waals surface area contributed by atoms with Gasteiger partial charge in [-0.15, -0.1) is 0 Å². The first-order valence-electron chi connectivity index (χ1n) is 11.5. The van der Waals surface area contributed by atoms with Crippen LogP contribution in [0, 0.1) is 13.8 Å². The Morgan fingerprint density at radius 1 is 1.06 bits per heavy atom. The molecule has 0 fully saturated rings. The van der Waals surface area contributed by atoms with Crippen LogP contribution in [0.3, 0.4) is 0 Å². The van der Waals surface area contributed by atoms with Crippen LogP contribution in [0.4, 0.5) is 0 Å². The molecule has 0 saturated carbocycles. The lowest BCUT2D eigenvalue weighted by Crippen LogP contribution is -2.23. The van der Waals surface area contributed by atoms with E-state index < -0.39 is 0 Å². The summed E-state index contributed by atoms with van der Waals surface area (Å²) in [6.07, 6.45) is 2.39. The van der Waals surface area contributed by atoms with Gasteiger partial charge in [0.1, 0.15) is 17.8 Å². The molecule has 0 atom stereocenters. The van der Waals surface area contributed by atoms with Crippen LogP contribution in [-0.4, -0.2) is 20.4 Å². The zero-order valence-corrected chi connectivity index (χ0v) is 20.3. The number of nitrogens with one attached hydrogen (secondary N) is 1. The van der Waals surface area contributed by atoms with Crippen LogP contribution in [0.25, 0.3) is 28.3 Å². The zero-order valence-electron chi connectivity index (χ0n) is 19.6. The first-order valence-corrected chi connectivity index (χ1v) is 11.9. The molecule has 0 spiro atoms. The van der Waals surface area contributed by atoms with Crippen LogP contribution in [-0.2, 0) is 17.8 Å². The predicted molar refractivity (Wildman–Crippen MR) is 138 cm³/mol. The number of hydrogen-bond donors (Lipinski definition) is 1. The summed E-state index contributed by atoms with van der Waals surface area (Å²) in [6.45, 7) is 4.62. The number of oxazole rings is 1. The highest BCUT2D eigenvalue weighted by atomic mass is 35.5. The molecule has 0 saturated heterocycles. The van der Waals surface area contributed by atoms with Crippen LogP contribution < -0.4 is 5.32 Å². The van der Waals surface area contributed by atoms with Crippen molar-refractivity contribution in [3.63, 3.8) is 0 Å². The number of rotatable bonds is 7. The molecular weight excluding hydrogens is 460 g/mol. The number of amides is 1. The first kappa shape index (κ1) is 22.9. The van der Waals surface area contributed by atoms with Gasteiger partial charge in [0.2, 0.25) is 5.91 Å². The van der Waals surface area contributed by atoms with E-state index in [0.29, 0.717) is 35.5 Å². The Hall–Kier alpha value is -3.90. The van der Waals surface area contributed by atoms with Crippen LogP contribution in [0.2, 0.25) is 5.02 Å². The molecule has 5 aromatic rings. The second kappa shape index (κ2) is 9.76. The molecule has 7 heteroatoms. The minimum absolute atomic E-state index is 0.0435. The lowest BCUT2D eigenvalue weighted by Gasteiger charge is -2.09. The summed E-state index contributed by atoms with van der Waals surface area (Å²) < 4.78 is 8.01. The average molecular weight is 485 g/mol. The normalized spacial score (nSPS) is 11.2. The Labute approximate surface area is 208 Å². The van der Waals surface area contributed by atoms with Gasteiger partial charge in [0.15, 0.2) is 0 Å². The summed E-state index contributed by atoms with van der Waals surface area (Å²) in [5, 5.41) is 3.66. The molecule has 2 heterocycles. The van der Waals surface area contributed by atoms with Crippen LogP contribution in [0.15, 0.2) is 77.5 Å². The Kier molecular flexibility index (Phi) is 6.38. The highest BCUT2D eigenvalue weighted by molar-refractivity contribution is 6.30. The Balaban J connectivity index is 1.38. The van der Waals surface area contributed by atoms with E-state index >= 15 is 0 Å². The lowest BCUT2D eigenvalue weighted by molar-refractivity contribution is -0.121. The average Bonchev–Trinajstić information content (AvgIpc) is 3.47. The fraction of sp³-hybridized carbons (Fsp3) is 0.179. The smallest absolute Gasteiger partial charge is 0.308 e. The Bertz CT molecular complexity index is 1500. The number of para-hydroxylation sites is 2. The van der Waals surface area contributed by atoms with E-state index in [1.807, 2.05) is 53.1 Å². The molecule has 2 aromatic heterocycles. The maximum Gasteiger partial charge on any atom is 0.308 e. The number of benzene rings is 3. The molecule has 6 nitrogen and oxygen atoms in total. The van der Waals surface area contributed by atoms with E-state index in [0.717, 1.165) is 22.2 Å². The second-order valence-electron chi connectivity index (χ2n) is 8.59. The molecule has 0 aliphatic carbocycles. The maximum absolute atomic E-state index is 12.7. The van der Waals surface area contributed by atoms with Crippen molar-refractivity contribution >= 4 is 28.5 Å². The van der Waals surface area contributed by atoms with E-state index in [4.69, 9.17) is 21.0 Å². The quantitative estimate of drug-likeness (QED) is 0.298. The SMILES string of the molecule is Cc1ccc(CNC(=O)CCc2oc(-n3cnc4ccccc43)nc2-c2ccc(Cl)cc2)c(C)c1. The summed E-state index contributed by atoms with van der Waals surface area (Å²) in [5.74, 6) is 0.597. The number of fused-ring (bicyclic) bond motifs is 1. The number of halogens is 1. The molecule has 35 heavy (non-hydrogen) atoms. The number of aryl methyl sites for hydroxylation is 3. The lowest BCUT2D eigenvalue weighted by atomic mass is 10.1. The van der Waals surface area contributed by atoms with E-state index in [-0.39, 0.29) is 12.3 Å². The summed E-state index contributed by atoms with van der Waals surface area (Å²) in [7, 11) is 0. The molecule has 0 radical (unpaired) electrons. The number of imidazole rings is 1. The third-order valence-electron chi connectivity index (χ3n) is 6.02. The maximum atomic E-state index is 12.7. The summed E-state index contributed by atoms with van der Waals surface area (Å²) >= 11 is 6.09. The van der Waals surface area contributed by atoms with Gasteiger partial charge in [-0.3, -0.25) is 9.36 Å². The van der Waals surface area contributed by atoms with Crippen molar-refractivity contribution in [2.45, 2.75) is 33.2 Å². The standard InChI is InChI=1S/C28H25ClN4O2/c1-18-7-8-21(19(2)15-18)16-30-26(34)14-13-25-27(20-9-11-22(29)12-10-20)32-28(35-25)33-17-31-23-5-3-4-6-24(23)33/h3-12,15,17H,13-14,16H2,1-2H3,(H,30,34). The highest BCUT2D eigenvalue weighted by Gasteiger charge is 2.19. The van der Waals surface area contributed by atoms with Crippen molar-refractivity contribution in [2.75, 3.05) is 0 Å². The van der Waals surface area contributed by atoms with Crippen molar-refractivity contribution in [1.29, 1.82) is 0 Å². The third-order valence-corrected chi connectivity index (χ3v) is 6.27. The van der Waals surface area contributed by atoms with Gasteiger partial charge in [-0.2, -0.15) is 4.98 Å². The summed E-state index contributed by atoms with van der Waals surface area (Å²) in [5.41, 5.74) is 6.80. The molecule has 1 amide bonds. The Morgan fingerprint density at radius 3 is 2.66 bits per heavy atom. The van der Waals surface area contributed by atoms with Gasteiger partial charge < -0.3 is 9.73 Å². The van der Waals surface area contributed by atoms with Crippen molar-refractivity contribution in [1.82, 2.24) is 19.9 Å². The number of nitrogens with zero attached hydrogens (tertiary/aromatic N) is 3. The van der Waals surface area contributed by atoms with Crippen molar-refractivity contribution in [2.24, 2.45) is 0 Å². The second-order valence-corrected chi connectivity index (χ2v) is 9.02. The van der Waals surface area contributed by atoms with Crippen molar-refractivity contribution in [3.05, 3.63) is 101 Å². The van der Waals surface area contributed by atoms with Crippen molar-refractivity contribution in [3.8, 4) is 17.3 Å². The van der Waals surface area contributed by atoms with E-state index in [1.54, 1.807) is 6.33 Å². The molecule has 176 valence electrons. The van der Waals surface area contributed by atoms with E-state index in [2.05, 4.69) is 42.3 Å². The van der Waals surface area contributed by atoms with E-state index in [9.17, 15) is 4.79 Å². The van der Waals surface area contributed by atoms with Gasteiger partial charge in [0.05, 0.1) is 11.0 Å². The van der Waals surface area contributed by atoms with Gasteiger partial charge in [-0.25, -0.2) is 4.98 Å². The molecule has 3 aromatic carbocycles. The first-order chi connectivity index (χ1) is 17.0. The molecule has 5 rings (SSSR count). The summed E-state index contributed by atoms with van der Waals surface area (Å²) in [4.78, 5) is 21.9. The van der Waals surface area contributed by atoms with Gasteiger partial charge >= 0.3 is 6.01 Å². The number of hydrogen-bond acceptors (Lipinski definition) is 4. The zero-order chi connectivity index (χ0) is 24.4. The highest BCUT2D eigenvalue weighted by Crippen LogP contribution is 2.29. The predicted octanol–water partition coefficient (Wildman–Crippen LogP) is 6.20. The van der Waals surface area contributed by atoms with Crippen LogP contribution in [0.5, 0.6) is 0 Å². The van der Waals surface area contributed by atoms with Gasteiger partial charge in [-0.1, -0.05) is 59.6 Å². The molecule has 0 aliphatic heterocycles. The molecule has 0 unspecified atom stereocenters. The van der Waals surface area contributed by atoms with Crippen LogP contribution >= 0.6 is 11.6 Å². The van der Waals surface area contributed by atoms with Crippen LogP contribution in [0.1, 0.15) is 28.9 Å². The molecule has 0 bridgehead atoms. The minimum Gasteiger partial charge on any atom is -0.427 e. The molecular formula is C28H25ClN4O2. The summed E-state index contributed by atoms with van der Waals surface area (Å²) in [6, 6.07) is 21.9. The Morgan fingerprint density at radius 2 is 1.86 bits per heavy atom. The third kappa shape index (κ3) is 4.98. The van der Waals surface area contributed by atoms with E-state index in [1.165, 1.54) is 11.1 Å². The largest absolute Gasteiger partial charge is 0.427 e. The van der Waals surface area contributed by atoms with Gasteiger partial charge in [-0.05, 0) is 49.2 Å². The molecule has 1 N–H and O–H groups in total. The fourth-order valence-corrected chi connectivity index (χ4v) is 4.24. The van der Waals surface area contributed by atoms with Gasteiger partial charge in [0.25, 0.3) is 0 Å². The monoisotopic (exact) mass is 484 g/mol. The van der Waals surface area contributed by atoms with Gasteiger partial charge in [0, 0.05) is 30.0 Å². The topological polar surface area (TPSA) is 73.0 Å². The minimum atomic E-state index is -0.0435.